The molecule has 2 heterocycles. The van der Waals surface area contributed by atoms with E-state index >= 15 is 0 Å². The van der Waals surface area contributed by atoms with Gasteiger partial charge in [-0.05, 0) is 24.3 Å². The number of benzene rings is 2. The van der Waals surface area contributed by atoms with Gasteiger partial charge in [-0.3, -0.25) is 0 Å². The van der Waals surface area contributed by atoms with Crippen LogP contribution in [0.4, 0.5) is 0 Å². The summed E-state index contributed by atoms with van der Waals surface area (Å²) in [7, 11) is 1.63. The molecule has 4 aromatic rings. The fraction of sp³-hybridized carbons (Fsp3) is 0.0526. The zero-order chi connectivity index (χ0) is 15.8. The minimum Gasteiger partial charge on any atom is -0.480 e. The maximum absolute atomic E-state index is 6.08. The minimum atomic E-state index is 0.575. The van der Waals surface area contributed by atoms with Crippen molar-refractivity contribution in [1.29, 1.82) is 0 Å². The molecule has 0 bridgehead atoms. The standard InChI is InChI=1S/C19H13ClN2O/c1-23-19-15-9-13-7-8-14(20)10-16(13)21-18(15)11-17(22-19)12-5-3-2-4-6-12/h2-11H,1H3. The third-order valence-corrected chi connectivity index (χ3v) is 4.03. The van der Waals surface area contributed by atoms with Gasteiger partial charge in [-0.25, -0.2) is 9.97 Å². The van der Waals surface area contributed by atoms with Crippen LogP contribution in [-0.2, 0) is 0 Å². The molecule has 0 amide bonds. The van der Waals surface area contributed by atoms with Gasteiger partial charge in [-0.15, -0.1) is 0 Å². The quantitative estimate of drug-likeness (QED) is 0.481. The first-order valence-electron chi connectivity index (χ1n) is 7.25. The lowest BCUT2D eigenvalue weighted by Crippen LogP contribution is -1.94. The number of methoxy groups -OCH3 is 1. The van der Waals surface area contributed by atoms with Crippen molar-refractivity contribution in [3.8, 4) is 17.1 Å². The lowest BCUT2D eigenvalue weighted by molar-refractivity contribution is 0.404. The molecule has 0 unspecified atom stereocenters. The second-order valence-electron chi connectivity index (χ2n) is 5.27. The molecule has 0 aliphatic heterocycles. The van der Waals surface area contributed by atoms with Crippen LogP contribution in [0.3, 0.4) is 0 Å². The van der Waals surface area contributed by atoms with Gasteiger partial charge < -0.3 is 4.74 Å². The van der Waals surface area contributed by atoms with Crippen LogP contribution < -0.4 is 4.74 Å². The van der Waals surface area contributed by atoms with Crippen molar-refractivity contribution < 1.29 is 4.74 Å². The van der Waals surface area contributed by atoms with Crippen molar-refractivity contribution in [3.63, 3.8) is 0 Å². The molecule has 0 saturated carbocycles. The molecule has 0 radical (unpaired) electrons. The Morgan fingerprint density at radius 2 is 1.70 bits per heavy atom. The molecular weight excluding hydrogens is 308 g/mol. The SMILES string of the molecule is COc1nc(-c2ccccc2)cc2nc3cc(Cl)ccc3cc12. The average molecular weight is 321 g/mol. The Hall–Kier alpha value is -2.65. The Labute approximate surface area is 138 Å². The number of aromatic nitrogens is 2. The molecule has 3 nitrogen and oxygen atoms in total. The first-order chi connectivity index (χ1) is 11.2. The summed E-state index contributed by atoms with van der Waals surface area (Å²) < 4.78 is 5.49. The van der Waals surface area contributed by atoms with E-state index in [1.54, 1.807) is 7.11 Å². The molecule has 23 heavy (non-hydrogen) atoms. The molecule has 4 rings (SSSR count). The second kappa shape index (κ2) is 5.52. The van der Waals surface area contributed by atoms with Crippen LogP contribution in [0, 0.1) is 0 Å². The van der Waals surface area contributed by atoms with Gasteiger partial charge in [-0.2, -0.15) is 0 Å². The Morgan fingerprint density at radius 3 is 2.48 bits per heavy atom. The van der Waals surface area contributed by atoms with E-state index in [1.165, 1.54) is 0 Å². The Balaban J connectivity index is 2.03. The van der Waals surface area contributed by atoms with Crippen LogP contribution >= 0.6 is 11.6 Å². The molecule has 0 aliphatic carbocycles. The second-order valence-corrected chi connectivity index (χ2v) is 5.71. The minimum absolute atomic E-state index is 0.575. The first-order valence-corrected chi connectivity index (χ1v) is 7.63. The molecule has 2 aromatic heterocycles. The van der Waals surface area contributed by atoms with E-state index in [9.17, 15) is 0 Å². The third-order valence-electron chi connectivity index (χ3n) is 3.80. The summed E-state index contributed by atoms with van der Waals surface area (Å²) in [5.41, 5.74) is 3.56. The predicted octanol–water partition coefficient (Wildman–Crippen LogP) is 5.11. The molecule has 0 fully saturated rings. The van der Waals surface area contributed by atoms with E-state index < -0.39 is 0 Å². The van der Waals surface area contributed by atoms with Crippen molar-refractivity contribution >= 4 is 33.4 Å². The predicted molar refractivity (Wildman–Crippen MR) is 94.0 cm³/mol. The maximum atomic E-state index is 6.08. The fourth-order valence-corrected chi connectivity index (χ4v) is 2.85. The lowest BCUT2D eigenvalue weighted by atomic mass is 10.1. The van der Waals surface area contributed by atoms with Gasteiger partial charge in [-0.1, -0.05) is 48.0 Å². The average Bonchev–Trinajstić information content (AvgIpc) is 2.59. The van der Waals surface area contributed by atoms with Gasteiger partial charge in [0.25, 0.3) is 0 Å². The van der Waals surface area contributed by atoms with Crippen LogP contribution in [0.5, 0.6) is 5.88 Å². The van der Waals surface area contributed by atoms with Gasteiger partial charge in [0, 0.05) is 16.0 Å². The number of pyridine rings is 2. The largest absolute Gasteiger partial charge is 0.480 e. The van der Waals surface area contributed by atoms with Crippen LogP contribution in [0.25, 0.3) is 33.1 Å². The molecular formula is C19H13ClN2O. The summed E-state index contributed by atoms with van der Waals surface area (Å²) in [5, 5.41) is 2.57. The van der Waals surface area contributed by atoms with E-state index in [0.717, 1.165) is 33.1 Å². The molecule has 0 atom stereocenters. The van der Waals surface area contributed by atoms with Crippen LogP contribution in [0.2, 0.25) is 5.02 Å². The van der Waals surface area contributed by atoms with Crippen LogP contribution in [-0.4, -0.2) is 17.1 Å². The fourth-order valence-electron chi connectivity index (χ4n) is 2.68. The number of nitrogens with zero attached hydrogens (tertiary/aromatic N) is 2. The molecule has 0 saturated heterocycles. The third kappa shape index (κ3) is 2.49. The van der Waals surface area contributed by atoms with Gasteiger partial charge >= 0.3 is 0 Å². The maximum Gasteiger partial charge on any atom is 0.223 e. The Bertz CT molecular complexity index is 1020. The molecule has 0 N–H and O–H groups in total. The normalized spacial score (nSPS) is 11.0. The number of rotatable bonds is 2. The summed E-state index contributed by atoms with van der Waals surface area (Å²) >= 11 is 6.08. The zero-order valence-corrected chi connectivity index (χ0v) is 13.2. The highest BCUT2D eigenvalue weighted by Crippen LogP contribution is 2.31. The van der Waals surface area contributed by atoms with Gasteiger partial charge in [0.15, 0.2) is 0 Å². The van der Waals surface area contributed by atoms with Crippen molar-refractivity contribution in [3.05, 3.63) is 65.7 Å². The summed E-state index contributed by atoms with van der Waals surface area (Å²) in [4.78, 5) is 9.35. The van der Waals surface area contributed by atoms with Crippen molar-refractivity contribution in [2.75, 3.05) is 7.11 Å². The van der Waals surface area contributed by atoms with Gasteiger partial charge in [0.1, 0.15) is 0 Å². The number of hydrogen-bond donors (Lipinski definition) is 0. The topological polar surface area (TPSA) is 35.0 Å². The smallest absolute Gasteiger partial charge is 0.223 e. The molecule has 0 spiro atoms. The highest BCUT2D eigenvalue weighted by atomic mass is 35.5. The number of hydrogen-bond acceptors (Lipinski definition) is 3. The van der Waals surface area contributed by atoms with Crippen molar-refractivity contribution in [2.45, 2.75) is 0 Å². The monoisotopic (exact) mass is 320 g/mol. The zero-order valence-electron chi connectivity index (χ0n) is 12.5. The van der Waals surface area contributed by atoms with E-state index in [-0.39, 0.29) is 0 Å². The van der Waals surface area contributed by atoms with E-state index in [4.69, 9.17) is 21.3 Å². The summed E-state index contributed by atoms with van der Waals surface area (Å²) in [6.45, 7) is 0. The Morgan fingerprint density at radius 1 is 0.870 bits per heavy atom. The number of fused-ring (bicyclic) bond motifs is 2. The van der Waals surface area contributed by atoms with E-state index in [0.29, 0.717) is 10.9 Å². The van der Waals surface area contributed by atoms with Crippen molar-refractivity contribution in [2.24, 2.45) is 0 Å². The van der Waals surface area contributed by atoms with Crippen LogP contribution in [0.1, 0.15) is 0 Å². The number of ether oxygens (including phenoxy) is 1. The van der Waals surface area contributed by atoms with Crippen molar-refractivity contribution in [1.82, 2.24) is 9.97 Å². The first kappa shape index (κ1) is 14.0. The molecule has 4 heteroatoms. The number of halogens is 1. The van der Waals surface area contributed by atoms with E-state index in [1.807, 2.05) is 60.7 Å². The van der Waals surface area contributed by atoms with Crippen LogP contribution in [0.15, 0.2) is 60.7 Å². The van der Waals surface area contributed by atoms with Gasteiger partial charge in [0.05, 0.1) is 29.2 Å². The molecule has 112 valence electrons. The summed E-state index contributed by atoms with van der Waals surface area (Å²) in [6, 6.07) is 19.7. The lowest BCUT2D eigenvalue weighted by Gasteiger charge is -2.09. The summed E-state index contributed by atoms with van der Waals surface area (Å²) in [6.07, 6.45) is 0. The van der Waals surface area contributed by atoms with E-state index in [2.05, 4.69) is 4.98 Å². The highest BCUT2D eigenvalue weighted by Gasteiger charge is 2.11. The highest BCUT2D eigenvalue weighted by molar-refractivity contribution is 6.31. The molecule has 0 aliphatic rings. The summed E-state index contributed by atoms with van der Waals surface area (Å²) in [5.74, 6) is 0.575. The Kier molecular flexibility index (Phi) is 3.36. The van der Waals surface area contributed by atoms with Gasteiger partial charge in [0.2, 0.25) is 5.88 Å². The molecule has 2 aromatic carbocycles.